The van der Waals surface area contributed by atoms with Crippen LogP contribution in [-0.2, 0) is 0 Å². The zero-order valence-corrected chi connectivity index (χ0v) is 10.9. The van der Waals surface area contributed by atoms with Crippen LogP contribution in [0.5, 0.6) is 0 Å². The smallest absolute Gasteiger partial charge is 0.132 e. The van der Waals surface area contributed by atoms with Gasteiger partial charge in [-0.2, -0.15) is 0 Å². The second-order valence-electron chi connectivity index (χ2n) is 4.35. The predicted octanol–water partition coefficient (Wildman–Crippen LogP) is 3.47. The van der Waals surface area contributed by atoms with E-state index in [0.717, 1.165) is 11.5 Å². The fourth-order valence-corrected chi connectivity index (χ4v) is 1.86. The zero-order chi connectivity index (χ0) is 12.0. The Hall–Kier alpha value is -1.12. The first-order chi connectivity index (χ1) is 7.69. The fourth-order valence-electron chi connectivity index (χ4n) is 1.86. The van der Waals surface area contributed by atoms with Gasteiger partial charge in [0.1, 0.15) is 12.1 Å². The van der Waals surface area contributed by atoms with Crippen LogP contribution in [0.3, 0.4) is 0 Å². The van der Waals surface area contributed by atoms with Gasteiger partial charge in [0.05, 0.1) is 0 Å². The lowest BCUT2D eigenvalue weighted by atomic mass is 10.1. The summed E-state index contributed by atoms with van der Waals surface area (Å²) < 4.78 is 0. The Balaban J connectivity index is 2.72. The Labute approximate surface area is 98.7 Å². The van der Waals surface area contributed by atoms with Gasteiger partial charge in [0.25, 0.3) is 0 Å². The molecule has 0 aromatic carbocycles. The molecular formula is C13H23N3. The van der Waals surface area contributed by atoms with Crippen molar-refractivity contribution in [2.75, 3.05) is 5.32 Å². The third-order valence-electron chi connectivity index (χ3n) is 2.95. The van der Waals surface area contributed by atoms with Crippen molar-refractivity contribution in [1.82, 2.24) is 9.97 Å². The summed E-state index contributed by atoms with van der Waals surface area (Å²) in [4.78, 5) is 8.51. The molecule has 0 unspecified atom stereocenters. The van der Waals surface area contributed by atoms with E-state index < -0.39 is 0 Å². The minimum atomic E-state index is 0.544. The fraction of sp³-hybridized carbons (Fsp3) is 0.692. The van der Waals surface area contributed by atoms with Crippen molar-refractivity contribution in [1.29, 1.82) is 0 Å². The lowest BCUT2D eigenvalue weighted by Gasteiger charge is -2.19. The summed E-state index contributed by atoms with van der Waals surface area (Å²) in [5.41, 5.74) is 2.23. The summed E-state index contributed by atoms with van der Waals surface area (Å²) in [6.07, 6.45) is 6.47. The van der Waals surface area contributed by atoms with Gasteiger partial charge >= 0.3 is 0 Å². The first-order valence-electron chi connectivity index (χ1n) is 6.23. The molecule has 90 valence electrons. The van der Waals surface area contributed by atoms with Crippen LogP contribution in [0.4, 0.5) is 5.82 Å². The minimum absolute atomic E-state index is 0.544. The Morgan fingerprint density at radius 3 is 2.31 bits per heavy atom. The van der Waals surface area contributed by atoms with E-state index in [4.69, 9.17) is 0 Å². The summed E-state index contributed by atoms with van der Waals surface area (Å²) in [5.74, 6) is 0.999. The summed E-state index contributed by atoms with van der Waals surface area (Å²) in [7, 11) is 0. The Kier molecular flexibility index (Phi) is 5.23. The van der Waals surface area contributed by atoms with Crippen molar-refractivity contribution < 1.29 is 0 Å². The van der Waals surface area contributed by atoms with Gasteiger partial charge in [0, 0.05) is 17.3 Å². The van der Waals surface area contributed by atoms with Gasteiger partial charge in [-0.25, -0.2) is 9.97 Å². The molecule has 0 saturated carbocycles. The maximum Gasteiger partial charge on any atom is 0.132 e. The van der Waals surface area contributed by atoms with E-state index in [9.17, 15) is 0 Å². The van der Waals surface area contributed by atoms with Crippen molar-refractivity contribution in [2.45, 2.75) is 59.4 Å². The number of nitrogens with zero attached hydrogens (tertiary/aromatic N) is 2. The first kappa shape index (κ1) is 12.9. The average molecular weight is 221 g/mol. The number of hydrogen-bond acceptors (Lipinski definition) is 3. The molecule has 16 heavy (non-hydrogen) atoms. The van der Waals surface area contributed by atoms with Crippen LogP contribution < -0.4 is 5.32 Å². The van der Waals surface area contributed by atoms with Gasteiger partial charge in [-0.1, -0.05) is 26.7 Å². The lowest BCUT2D eigenvalue weighted by molar-refractivity contribution is 0.583. The minimum Gasteiger partial charge on any atom is -0.367 e. The van der Waals surface area contributed by atoms with Crippen LogP contribution in [0, 0.1) is 13.8 Å². The normalized spacial score (nSPS) is 10.8. The molecule has 1 aromatic rings. The highest BCUT2D eigenvalue weighted by molar-refractivity contribution is 5.45. The van der Waals surface area contributed by atoms with E-state index >= 15 is 0 Å². The standard InChI is InChI=1S/C13H23N3/c1-5-7-12(8-6-2)16-13-10(3)11(4)14-9-15-13/h9,12H,5-8H2,1-4H3,(H,14,15,16). The van der Waals surface area contributed by atoms with Crippen LogP contribution in [0.2, 0.25) is 0 Å². The van der Waals surface area contributed by atoms with E-state index in [1.54, 1.807) is 6.33 Å². The molecule has 3 nitrogen and oxygen atoms in total. The first-order valence-corrected chi connectivity index (χ1v) is 6.23. The Bertz CT molecular complexity index is 317. The topological polar surface area (TPSA) is 37.8 Å². The second kappa shape index (κ2) is 6.46. The van der Waals surface area contributed by atoms with Crippen molar-refractivity contribution >= 4 is 5.82 Å². The van der Waals surface area contributed by atoms with Gasteiger partial charge in [0.15, 0.2) is 0 Å². The predicted molar refractivity (Wildman–Crippen MR) is 68.7 cm³/mol. The number of nitrogens with one attached hydrogen (secondary N) is 1. The maximum atomic E-state index is 4.32. The van der Waals surface area contributed by atoms with Gasteiger partial charge in [-0.05, 0) is 26.7 Å². The second-order valence-corrected chi connectivity index (χ2v) is 4.35. The summed E-state index contributed by atoms with van der Waals surface area (Å²) >= 11 is 0. The van der Waals surface area contributed by atoms with E-state index in [1.807, 2.05) is 6.92 Å². The number of anilines is 1. The van der Waals surface area contributed by atoms with Gasteiger partial charge in [-0.15, -0.1) is 0 Å². The molecule has 0 saturated heterocycles. The monoisotopic (exact) mass is 221 g/mol. The molecule has 0 aliphatic heterocycles. The van der Waals surface area contributed by atoms with Crippen molar-refractivity contribution in [2.24, 2.45) is 0 Å². The third kappa shape index (κ3) is 3.47. The molecule has 3 heteroatoms. The highest BCUT2D eigenvalue weighted by atomic mass is 15.0. The molecule has 0 spiro atoms. The molecule has 0 radical (unpaired) electrons. The quantitative estimate of drug-likeness (QED) is 0.799. The molecule has 0 aliphatic rings. The molecule has 0 amide bonds. The third-order valence-corrected chi connectivity index (χ3v) is 2.95. The highest BCUT2D eigenvalue weighted by Gasteiger charge is 2.09. The van der Waals surface area contributed by atoms with E-state index in [-0.39, 0.29) is 0 Å². The molecular weight excluding hydrogens is 198 g/mol. The molecule has 1 aromatic heterocycles. The zero-order valence-electron chi connectivity index (χ0n) is 10.9. The van der Waals surface area contributed by atoms with Gasteiger partial charge < -0.3 is 5.32 Å². The number of hydrogen-bond donors (Lipinski definition) is 1. The lowest BCUT2D eigenvalue weighted by Crippen LogP contribution is -2.20. The number of rotatable bonds is 6. The Morgan fingerprint density at radius 2 is 1.75 bits per heavy atom. The van der Waals surface area contributed by atoms with E-state index in [1.165, 1.54) is 31.2 Å². The van der Waals surface area contributed by atoms with Crippen LogP contribution >= 0.6 is 0 Å². The van der Waals surface area contributed by atoms with Crippen molar-refractivity contribution in [3.63, 3.8) is 0 Å². The summed E-state index contributed by atoms with van der Waals surface area (Å²) in [6, 6.07) is 0.544. The summed E-state index contributed by atoms with van der Waals surface area (Å²) in [6.45, 7) is 8.55. The average Bonchev–Trinajstić information content (AvgIpc) is 2.25. The summed E-state index contributed by atoms with van der Waals surface area (Å²) in [5, 5.41) is 3.54. The molecule has 0 bridgehead atoms. The van der Waals surface area contributed by atoms with Crippen molar-refractivity contribution in [3.8, 4) is 0 Å². The maximum absolute atomic E-state index is 4.32. The van der Waals surface area contributed by atoms with Crippen LogP contribution in [0.1, 0.15) is 50.8 Å². The van der Waals surface area contributed by atoms with E-state index in [2.05, 4.69) is 36.1 Å². The van der Waals surface area contributed by atoms with Gasteiger partial charge in [-0.3, -0.25) is 0 Å². The molecule has 1 rings (SSSR count). The van der Waals surface area contributed by atoms with Crippen molar-refractivity contribution in [3.05, 3.63) is 17.6 Å². The molecule has 0 aliphatic carbocycles. The number of aryl methyl sites for hydroxylation is 1. The van der Waals surface area contributed by atoms with Crippen LogP contribution in [0.15, 0.2) is 6.33 Å². The molecule has 1 heterocycles. The van der Waals surface area contributed by atoms with Crippen LogP contribution in [0.25, 0.3) is 0 Å². The molecule has 0 atom stereocenters. The number of aromatic nitrogens is 2. The van der Waals surface area contributed by atoms with Gasteiger partial charge in [0.2, 0.25) is 0 Å². The molecule has 1 N–H and O–H groups in total. The molecule has 0 fully saturated rings. The largest absolute Gasteiger partial charge is 0.367 e. The SMILES string of the molecule is CCCC(CCC)Nc1ncnc(C)c1C. The van der Waals surface area contributed by atoms with Crippen LogP contribution in [-0.4, -0.2) is 16.0 Å². The highest BCUT2D eigenvalue weighted by Crippen LogP contribution is 2.17. The van der Waals surface area contributed by atoms with E-state index in [0.29, 0.717) is 6.04 Å². The Morgan fingerprint density at radius 1 is 1.12 bits per heavy atom.